The van der Waals surface area contributed by atoms with Gasteiger partial charge < -0.3 is 15.0 Å². The zero-order valence-corrected chi connectivity index (χ0v) is 24.6. The molecular weight excluding hydrogens is 523 g/mol. The molecule has 2 aliphatic rings. The van der Waals surface area contributed by atoms with Gasteiger partial charge in [0.1, 0.15) is 18.0 Å². The summed E-state index contributed by atoms with van der Waals surface area (Å²) < 4.78 is 21.6. The minimum absolute atomic E-state index is 0. The van der Waals surface area contributed by atoms with Crippen molar-refractivity contribution in [2.75, 3.05) is 19.6 Å². The number of rotatable bonds is 9. The van der Waals surface area contributed by atoms with Crippen molar-refractivity contribution in [1.82, 2.24) is 10.2 Å². The van der Waals surface area contributed by atoms with Crippen LogP contribution in [-0.4, -0.2) is 48.8 Å². The van der Waals surface area contributed by atoms with Crippen molar-refractivity contribution in [3.05, 3.63) is 102 Å². The van der Waals surface area contributed by atoms with Crippen molar-refractivity contribution in [3.8, 4) is 5.75 Å². The molecule has 40 heavy (non-hydrogen) atoms. The molecule has 6 heteroatoms. The number of hydrogen-bond donors (Lipinski definition) is 1. The van der Waals surface area contributed by atoms with Gasteiger partial charge in [0.25, 0.3) is 0 Å². The van der Waals surface area contributed by atoms with Crippen molar-refractivity contribution >= 4 is 18.3 Å². The number of nitrogens with one attached hydrogen (secondary N) is 1. The molecule has 1 aliphatic carbocycles. The summed E-state index contributed by atoms with van der Waals surface area (Å²) in [6.07, 6.45) is 0.664. The summed E-state index contributed by atoms with van der Waals surface area (Å²) in [5.74, 6) is 0.675. The Bertz CT molecular complexity index is 1200. The second-order valence-electron chi connectivity index (χ2n) is 11.6. The maximum atomic E-state index is 15.5. The molecule has 214 valence electrons. The van der Waals surface area contributed by atoms with Crippen LogP contribution in [0.5, 0.6) is 5.75 Å². The van der Waals surface area contributed by atoms with Crippen molar-refractivity contribution in [3.63, 3.8) is 0 Å². The number of carbonyl (C=O) groups is 1. The van der Waals surface area contributed by atoms with E-state index in [0.717, 1.165) is 24.3 Å². The van der Waals surface area contributed by atoms with Gasteiger partial charge in [-0.3, -0.25) is 4.79 Å². The Labute approximate surface area is 244 Å². The Kier molecular flexibility index (Phi) is 9.91. The molecule has 0 aromatic heterocycles. The van der Waals surface area contributed by atoms with Crippen LogP contribution in [0.3, 0.4) is 0 Å². The number of nitrogens with zero attached hydrogens (tertiary/aromatic N) is 1. The standard InChI is InChI=1S/C34H41FN2O2.ClH/c1-24(2)36-21-25(3)39-29-16-10-11-26(19-29)20-33(38)37-22-30-31(23-37)34(18-17-32(30)35,27-12-6-4-7-13-27)28-14-8-5-9-15-28;/h4-16,19,24-25,30-32,36H,17-18,20-23H2,1-3H3;1H/t25?,30-,31+,32+;/m0./s1. The summed E-state index contributed by atoms with van der Waals surface area (Å²) in [6, 6.07) is 29.3. The molecule has 0 radical (unpaired) electrons. The molecule has 1 aliphatic heterocycles. The highest BCUT2D eigenvalue weighted by molar-refractivity contribution is 5.85. The highest BCUT2D eigenvalue weighted by Crippen LogP contribution is 2.54. The average molecular weight is 565 g/mol. The van der Waals surface area contributed by atoms with Crippen LogP contribution in [0.15, 0.2) is 84.9 Å². The molecule has 2 fully saturated rings. The van der Waals surface area contributed by atoms with Gasteiger partial charge in [0.05, 0.1) is 6.42 Å². The topological polar surface area (TPSA) is 41.6 Å². The summed E-state index contributed by atoms with van der Waals surface area (Å²) in [5, 5.41) is 3.39. The fourth-order valence-corrected chi connectivity index (χ4v) is 6.73. The van der Waals surface area contributed by atoms with Gasteiger partial charge in [0, 0.05) is 37.0 Å². The number of fused-ring (bicyclic) bond motifs is 1. The molecule has 0 spiro atoms. The summed E-state index contributed by atoms with van der Waals surface area (Å²) in [7, 11) is 0. The van der Waals surface area contributed by atoms with Crippen LogP contribution in [0, 0.1) is 11.8 Å². The Morgan fingerprint density at radius 2 is 1.62 bits per heavy atom. The van der Waals surface area contributed by atoms with E-state index in [0.29, 0.717) is 25.6 Å². The number of carbonyl (C=O) groups excluding carboxylic acids is 1. The number of alkyl halides is 1. The normalized spacial score (nSPS) is 22.3. The van der Waals surface area contributed by atoms with Crippen molar-refractivity contribution in [2.24, 2.45) is 11.8 Å². The van der Waals surface area contributed by atoms with Gasteiger partial charge in [-0.05, 0) is 54.5 Å². The lowest BCUT2D eigenvalue weighted by molar-refractivity contribution is -0.129. The monoisotopic (exact) mass is 564 g/mol. The van der Waals surface area contributed by atoms with E-state index in [4.69, 9.17) is 4.74 Å². The third-order valence-corrected chi connectivity index (χ3v) is 8.61. The van der Waals surface area contributed by atoms with Crippen LogP contribution >= 0.6 is 12.4 Å². The smallest absolute Gasteiger partial charge is 0.227 e. The molecule has 3 aromatic rings. The first-order valence-corrected chi connectivity index (χ1v) is 14.4. The Morgan fingerprint density at radius 3 is 2.25 bits per heavy atom. The second kappa shape index (κ2) is 13.2. The van der Waals surface area contributed by atoms with Crippen LogP contribution in [0.2, 0.25) is 0 Å². The van der Waals surface area contributed by atoms with E-state index in [2.05, 4.69) is 67.7 Å². The molecule has 4 atom stereocenters. The van der Waals surface area contributed by atoms with E-state index >= 15 is 4.39 Å². The molecule has 1 heterocycles. The molecule has 1 saturated carbocycles. The van der Waals surface area contributed by atoms with Crippen LogP contribution in [0.1, 0.15) is 50.3 Å². The fourth-order valence-electron chi connectivity index (χ4n) is 6.73. The van der Waals surface area contributed by atoms with Gasteiger partial charge in [0.15, 0.2) is 0 Å². The molecular formula is C34H42ClFN2O2. The van der Waals surface area contributed by atoms with E-state index in [1.54, 1.807) is 0 Å². The number of amides is 1. The zero-order valence-electron chi connectivity index (χ0n) is 23.8. The van der Waals surface area contributed by atoms with Gasteiger partial charge in [-0.15, -0.1) is 12.4 Å². The quantitative estimate of drug-likeness (QED) is 0.318. The second-order valence-corrected chi connectivity index (χ2v) is 11.6. The summed E-state index contributed by atoms with van der Waals surface area (Å²) >= 11 is 0. The third kappa shape index (κ3) is 6.37. The number of hydrogen-bond acceptors (Lipinski definition) is 3. The van der Waals surface area contributed by atoms with Crippen LogP contribution in [0.4, 0.5) is 4.39 Å². The van der Waals surface area contributed by atoms with Crippen molar-refractivity contribution < 1.29 is 13.9 Å². The SMILES string of the molecule is CC(C)NCC(C)Oc1cccc(CC(=O)N2C[C@@H]3[C@H](F)CCC(c4ccccc4)(c4ccccc4)[C@@H]3C2)c1.Cl. The van der Waals surface area contributed by atoms with Crippen LogP contribution in [-0.2, 0) is 16.6 Å². The maximum Gasteiger partial charge on any atom is 0.227 e. The molecule has 3 aromatic carbocycles. The minimum Gasteiger partial charge on any atom is -0.489 e. The number of benzene rings is 3. The van der Waals surface area contributed by atoms with E-state index in [-0.39, 0.29) is 48.1 Å². The van der Waals surface area contributed by atoms with E-state index in [1.807, 2.05) is 48.2 Å². The van der Waals surface area contributed by atoms with E-state index in [1.165, 1.54) is 11.1 Å². The predicted molar refractivity (Wildman–Crippen MR) is 162 cm³/mol. The summed E-state index contributed by atoms with van der Waals surface area (Å²) in [5.41, 5.74) is 3.06. The lowest BCUT2D eigenvalue weighted by Gasteiger charge is -2.47. The molecule has 1 amide bonds. The maximum absolute atomic E-state index is 15.5. The van der Waals surface area contributed by atoms with Gasteiger partial charge in [-0.2, -0.15) is 0 Å². The van der Waals surface area contributed by atoms with Gasteiger partial charge in [-0.1, -0.05) is 86.6 Å². The van der Waals surface area contributed by atoms with Crippen LogP contribution in [0.25, 0.3) is 0 Å². The highest BCUT2D eigenvalue weighted by Gasteiger charge is 2.55. The first-order chi connectivity index (χ1) is 18.9. The fraction of sp³-hybridized carbons (Fsp3) is 0.441. The molecule has 1 N–H and O–H groups in total. The first kappa shape index (κ1) is 30.1. The number of likely N-dealkylation sites (tertiary alicyclic amines) is 1. The molecule has 1 saturated heterocycles. The van der Waals surface area contributed by atoms with Crippen molar-refractivity contribution in [1.29, 1.82) is 0 Å². The Morgan fingerprint density at radius 1 is 0.975 bits per heavy atom. The van der Waals surface area contributed by atoms with Gasteiger partial charge in [0.2, 0.25) is 5.91 Å². The molecule has 4 nitrogen and oxygen atoms in total. The number of halogens is 2. The largest absolute Gasteiger partial charge is 0.489 e. The Hall–Kier alpha value is -2.89. The predicted octanol–water partition coefficient (Wildman–Crippen LogP) is 6.61. The molecule has 0 bridgehead atoms. The Balaban J connectivity index is 0.00000370. The van der Waals surface area contributed by atoms with Gasteiger partial charge >= 0.3 is 0 Å². The van der Waals surface area contributed by atoms with E-state index in [9.17, 15) is 4.79 Å². The van der Waals surface area contributed by atoms with Crippen molar-refractivity contribution in [2.45, 2.75) is 63.8 Å². The highest BCUT2D eigenvalue weighted by atomic mass is 35.5. The first-order valence-electron chi connectivity index (χ1n) is 14.4. The lowest BCUT2D eigenvalue weighted by atomic mass is 9.56. The third-order valence-electron chi connectivity index (χ3n) is 8.61. The minimum atomic E-state index is -0.897. The van der Waals surface area contributed by atoms with Gasteiger partial charge in [-0.25, -0.2) is 4.39 Å². The van der Waals surface area contributed by atoms with Crippen LogP contribution < -0.4 is 10.1 Å². The zero-order chi connectivity index (χ0) is 27.4. The summed E-state index contributed by atoms with van der Waals surface area (Å²) in [6.45, 7) is 8.07. The average Bonchev–Trinajstić information content (AvgIpc) is 3.41. The molecule has 1 unspecified atom stereocenters. The number of ether oxygens (including phenoxy) is 1. The summed E-state index contributed by atoms with van der Waals surface area (Å²) in [4.78, 5) is 15.5. The molecule has 5 rings (SSSR count). The van der Waals surface area contributed by atoms with E-state index < -0.39 is 6.17 Å². The lowest BCUT2D eigenvalue weighted by Crippen LogP contribution is -2.47.